The number of ether oxygens (including phenoxy) is 1. The summed E-state index contributed by atoms with van der Waals surface area (Å²) in [5.41, 5.74) is 0.0819. The summed E-state index contributed by atoms with van der Waals surface area (Å²) in [6.07, 6.45) is 0. The van der Waals surface area contributed by atoms with Crippen LogP contribution in [0.4, 0.5) is 0 Å². The molecule has 0 fully saturated rings. The molecule has 5 heteroatoms. The predicted molar refractivity (Wildman–Crippen MR) is 67.3 cm³/mol. The normalized spacial score (nSPS) is 11.9. The van der Waals surface area contributed by atoms with Crippen LogP contribution in [0.3, 0.4) is 0 Å². The van der Waals surface area contributed by atoms with Crippen molar-refractivity contribution in [1.82, 2.24) is 0 Å². The standard InChI is InChI=1S/C12H13BrO4/c1-3-17-9-6-4-5-8(10(9)12(15)16)11(14)7(2)13/h4-7H,3H2,1-2H3,(H,15,16). The molecule has 0 amide bonds. The molecule has 0 saturated heterocycles. The number of hydrogen-bond donors (Lipinski definition) is 1. The maximum absolute atomic E-state index is 11.9. The van der Waals surface area contributed by atoms with Gasteiger partial charge in [-0.1, -0.05) is 28.1 Å². The number of aromatic carboxylic acids is 1. The Morgan fingerprint density at radius 1 is 1.47 bits per heavy atom. The number of Topliss-reactive ketones (excluding diaryl/α,β-unsaturated/α-hetero) is 1. The van der Waals surface area contributed by atoms with Gasteiger partial charge in [-0.15, -0.1) is 0 Å². The Labute approximate surface area is 108 Å². The van der Waals surface area contributed by atoms with Gasteiger partial charge in [-0.05, 0) is 19.9 Å². The van der Waals surface area contributed by atoms with E-state index in [1.54, 1.807) is 26.0 Å². The fraction of sp³-hybridized carbons (Fsp3) is 0.333. The van der Waals surface area contributed by atoms with Gasteiger partial charge >= 0.3 is 5.97 Å². The van der Waals surface area contributed by atoms with Gasteiger partial charge in [-0.25, -0.2) is 4.79 Å². The van der Waals surface area contributed by atoms with Gasteiger partial charge in [-0.2, -0.15) is 0 Å². The molecule has 1 unspecified atom stereocenters. The van der Waals surface area contributed by atoms with Crippen molar-refractivity contribution in [3.8, 4) is 5.75 Å². The topological polar surface area (TPSA) is 63.6 Å². The highest BCUT2D eigenvalue weighted by atomic mass is 79.9. The van der Waals surface area contributed by atoms with Crippen LogP contribution in [0.25, 0.3) is 0 Å². The van der Waals surface area contributed by atoms with Gasteiger partial charge in [0.05, 0.1) is 11.4 Å². The molecule has 0 aliphatic heterocycles. The first-order valence-corrected chi connectivity index (χ1v) is 6.08. The number of carbonyl (C=O) groups is 2. The van der Waals surface area contributed by atoms with Crippen LogP contribution in [-0.2, 0) is 0 Å². The Morgan fingerprint density at radius 3 is 2.59 bits per heavy atom. The molecule has 0 aliphatic carbocycles. The quantitative estimate of drug-likeness (QED) is 0.671. The van der Waals surface area contributed by atoms with Crippen LogP contribution in [0.2, 0.25) is 0 Å². The number of ketones is 1. The van der Waals surface area contributed by atoms with Gasteiger partial charge in [0.1, 0.15) is 11.3 Å². The summed E-state index contributed by atoms with van der Waals surface area (Å²) in [4.78, 5) is 22.6. The van der Waals surface area contributed by atoms with Crippen LogP contribution < -0.4 is 4.74 Å². The molecular weight excluding hydrogens is 288 g/mol. The summed E-state index contributed by atoms with van der Waals surface area (Å²) < 4.78 is 5.22. The van der Waals surface area contributed by atoms with E-state index in [0.717, 1.165) is 0 Å². The molecule has 0 bridgehead atoms. The van der Waals surface area contributed by atoms with Crippen molar-refractivity contribution < 1.29 is 19.4 Å². The van der Waals surface area contributed by atoms with E-state index in [0.29, 0.717) is 6.61 Å². The molecule has 1 aromatic carbocycles. The van der Waals surface area contributed by atoms with Gasteiger partial charge in [-0.3, -0.25) is 4.79 Å². The maximum atomic E-state index is 11.9. The zero-order valence-electron chi connectivity index (χ0n) is 9.57. The number of benzene rings is 1. The van der Waals surface area contributed by atoms with Crippen molar-refractivity contribution in [2.45, 2.75) is 18.7 Å². The van der Waals surface area contributed by atoms with E-state index in [1.807, 2.05) is 0 Å². The molecule has 4 nitrogen and oxygen atoms in total. The lowest BCUT2D eigenvalue weighted by Gasteiger charge is -2.11. The summed E-state index contributed by atoms with van der Waals surface area (Å²) in [7, 11) is 0. The zero-order chi connectivity index (χ0) is 13.0. The van der Waals surface area contributed by atoms with E-state index in [-0.39, 0.29) is 22.7 Å². The molecule has 0 aliphatic rings. The second-order valence-corrected chi connectivity index (χ2v) is 4.77. The summed E-state index contributed by atoms with van der Waals surface area (Å²) in [6.45, 7) is 3.76. The third kappa shape index (κ3) is 3.06. The van der Waals surface area contributed by atoms with Crippen molar-refractivity contribution in [1.29, 1.82) is 0 Å². The summed E-state index contributed by atoms with van der Waals surface area (Å²) in [5.74, 6) is -1.21. The number of hydrogen-bond acceptors (Lipinski definition) is 3. The van der Waals surface area contributed by atoms with Crippen LogP contribution in [0.1, 0.15) is 34.6 Å². The molecule has 1 aromatic rings. The summed E-state index contributed by atoms with van der Waals surface area (Å²) >= 11 is 3.14. The highest BCUT2D eigenvalue weighted by Gasteiger charge is 2.23. The number of carboxylic acids is 1. The van der Waals surface area contributed by atoms with E-state index in [4.69, 9.17) is 9.84 Å². The van der Waals surface area contributed by atoms with E-state index < -0.39 is 10.8 Å². The number of rotatable bonds is 5. The van der Waals surface area contributed by atoms with Crippen molar-refractivity contribution in [2.75, 3.05) is 6.61 Å². The highest BCUT2D eigenvalue weighted by molar-refractivity contribution is 9.10. The maximum Gasteiger partial charge on any atom is 0.340 e. The molecule has 0 saturated carbocycles. The number of carboxylic acid groups (broad SMARTS) is 1. The van der Waals surface area contributed by atoms with Gasteiger partial charge in [0.2, 0.25) is 0 Å². The fourth-order valence-corrected chi connectivity index (χ4v) is 1.69. The van der Waals surface area contributed by atoms with E-state index in [2.05, 4.69) is 15.9 Å². The van der Waals surface area contributed by atoms with Crippen molar-refractivity contribution >= 4 is 27.7 Å². The van der Waals surface area contributed by atoms with Gasteiger partial charge < -0.3 is 9.84 Å². The number of halogens is 1. The monoisotopic (exact) mass is 300 g/mol. The smallest absolute Gasteiger partial charge is 0.340 e. The molecule has 0 aromatic heterocycles. The molecule has 92 valence electrons. The average Bonchev–Trinajstić information content (AvgIpc) is 2.27. The van der Waals surface area contributed by atoms with Crippen molar-refractivity contribution in [2.24, 2.45) is 0 Å². The first kappa shape index (κ1) is 13.7. The van der Waals surface area contributed by atoms with E-state index in [9.17, 15) is 9.59 Å². The third-order valence-corrected chi connectivity index (χ3v) is 2.58. The second-order valence-electron chi connectivity index (χ2n) is 3.40. The average molecular weight is 301 g/mol. The highest BCUT2D eigenvalue weighted by Crippen LogP contribution is 2.25. The number of alkyl halides is 1. The Morgan fingerprint density at radius 2 is 2.12 bits per heavy atom. The summed E-state index contributed by atoms with van der Waals surface area (Å²) in [5, 5.41) is 9.16. The Bertz CT molecular complexity index is 440. The molecular formula is C12H13BrO4. The molecule has 1 rings (SSSR count). The Balaban J connectivity index is 3.34. The van der Waals surface area contributed by atoms with Gasteiger partial charge in [0, 0.05) is 5.56 Å². The molecule has 0 radical (unpaired) electrons. The lowest BCUT2D eigenvalue weighted by atomic mass is 10.0. The Kier molecular flexibility index (Phi) is 4.69. The van der Waals surface area contributed by atoms with Crippen LogP contribution in [0.5, 0.6) is 5.75 Å². The van der Waals surface area contributed by atoms with Crippen LogP contribution in [0.15, 0.2) is 18.2 Å². The van der Waals surface area contributed by atoms with Crippen LogP contribution >= 0.6 is 15.9 Å². The molecule has 17 heavy (non-hydrogen) atoms. The zero-order valence-corrected chi connectivity index (χ0v) is 11.2. The molecule has 0 heterocycles. The fourth-order valence-electron chi connectivity index (χ4n) is 1.45. The largest absolute Gasteiger partial charge is 0.493 e. The lowest BCUT2D eigenvalue weighted by Crippen LogP contribution is -2.16. The first-order chi connectivity index (χ1) is 7.99. The summed E-state index contributed by atoms with van der Waals surface area (Å²) in [6, 6.07) is 4.65. The van der Waals surface area contributed by atoms with E-state index >= 15 is 0 Å². The van der Waals surface area contributed by atoms with Crippen LogP contribution in [0, 0.1) is 0 Å². The minimum Gasteiger partial charge on any atom is -0.493 e. The van der Waals surface area contributed by atoms with Crippen LogP contribution in [-0.4, -0.2) is 28.3 Å². The predicted octanol–water partition coefficient (Wildman–Crippen LogP) is 2.75. The SMILES string of the molecule is CCOc1cccc(C(=O)C(C)Br)c1C(=O)O. The number of carbonyl (C=O) groups excluding carboxylic acids is 1. The van der Waals surface area contributed by atoms with Gasteiger partial charge in [0.15, 0.2) is 5.78 Å². The third-order valence-electron chi connectivity index (χ3n) is 2.17. The molecule has 1 N–H and O–H groups in total. The molecule has 1 atom stereocenters. The first-order valence-electron chi connectivity index (χ1n) is 5.16. The van der Waals surface area contributed by atoms with E-state index in [1.165, 1.54) is 6.07 Å². The molecule has 0 spiro atoms. The van der Waals surface area contributed by atoms with Crippen molar-refractivity contribution in [3.63, 3.8) is 0 Å². The van der Waals surface area contributed by atoms with Gasteiger partial charge in [0.25, 0.3) is 0 Å². The lowest BCUT2D eigenvalue weighted by molar-refractivity contribution is 0.0687. The minimum atomic E-state index is -1.16. The minimum absolute atomic E-state index is 0.0781. The Hall–Kier alpha value is -1.36. The second kappa shape index (κ2) is 5.82. The van der Waals surface area contributed by atoms with Crippen molar-refractivity contribution in [3.05, 3.63) is 29.3 Å².